The van der Waals surface area contributed by atoms with Gasteiger partial charge in [0.05, 0.1) is 6.54 Å². The summed E-state index contributed by atoms with van der Waals surface area (Å²) in [7, 11) is -3.59. The van der Waals surface area contributed by atoms with Crippen LogP contribution in [0.4, 0.5) is 15.8 Å². The third-order valence-electron chi connectivity index (χ3n) is 6.34. The molecule has 7 nitrogen and oxygen atoms in total. The number of hydrogen-bond donors (Lipinski definition) is 1. The lowest BCUT2D eigenvalue weighted by molar-refractivity contribution is 0.102. The maximum atomic E-state index is 13.2. The zero-order valence-electron chi connectivity index (χ0n) is 18.7. The minimum absolute atomic E-state index is 0.0121. The Morgan fingerprint density at radius 2 is 1.74 bits per heavy atom. The monoisotopic (exact) mass is 483 g/mol. The summed E-state index contributed by atoms with van der Waals surface area (Å²) in [5.74, 6) is -0.113. The molecule has 2 aliphatic heterocycles. The molecule has 3 aromatic rings. The van der Waals surface area contributed by atoms with E-state index in [4.69, 9.17) is 4.42 Å². The molecule has 34 heavy (non-hydrogen) atoms. The summed E-state index contributed by atoms with van der Waals surface area (Å²) in [4.78, 5) is 14.8. The molecule has 0 aliphatic carbocycles. The molecule has 1 fully saturated rings. The number of sulfonamides is 1. The van der Waals surface area contributed by atoms with E-state index < -0.39 is 15.8 Å². The highest BCUT2D eigenvalue weighted by molar-refractivity contribution is 7.89. The number of furan rings is 1. The van der Waals surface area contributed by atoms with Crippen molar-refractivity contribution in [1.29, 1.82) is 0 Å². The normalized spacial score (nSPS) is 16.4. The van der Waals surface area contributed by atoms with E-state index in [0.717, 1.165) is 43.5 Å². The summed E-state index contributed by atoms with van der Waals surface area (Å²) in [6, 6.07) is 14.4. The molecule has 0 bridgehead atoms. The second-order valence-corrected chi connectivity index (χ2v) is 10.5. The number of carbonyl (C=O) groups excluding carboxylic acids is 1. The highest BCUT2D eigenvalue weighted by atomic mass is 32.2. The molecule has 5 rings (SSSR count). The van der Waals surface area contributed by atoms with Crippen molar-refractivity contribution in [1.82, 2.24) is 4.31 Å². The number of amides is 1. The summed E-state index contributed by atoms with van der Waals surface area (Å²) in [6.45, 7) is 2.28. The summed E-state index contributed by atoms with van der Waals surface area (Å²) >= 11 is 0. The SMILES string of the molecule is O=C(Nc1cccc2c1CCCN2Cc1ccc(S(=O)(=O)N2CCCC2)o1)c1ccc(F)cc1. The number of anilines is 2. The first-order valence-corrected chi connectivity index (χ1v) is 12.9. The lowest BCUT2D eigenvalue weighted by Crippen LogP contribution is -2.29. The lowest BCUT2D eigenvalue weighted by atomic mass is 9.99. The number of rotatable bonds is 6. The van der Waals surface area contributed by atoms with Crippen LogP contribution in [0.25, 0.3) is 0 Å². The molecule has 178 valence electrons. The van der Waals surface area contributed by atoms with Crippen molar-refractivity contribution >= 4 is 27.3 Å². The van der Waals surface area contributed by atoms with E-state index in [-0.39, 0.29) is 11.0 Å². The van der Waals surface area contributed by atoms with Gasteiger partial charge in [0, 0.05) is 36.6 Å². The van der Waals surface area contributed by atoms with Gasteiger partial charge in [-0.05, 0) is 79.8 Å². The second-order valence-electron chi connectivity index (χ2n) is 8.62. The second kappa shape index (κ2) is 9.23. The van der Waals surface area contributed by atoms with Gasteiger partial charge in [-0.1, -0.05) is 6.07 Å². The highest BCUT2D eigenvalue weighted by Gasteiger charge is 2.30. The number of hydrogen-bond acceptors (Lipinski definition) is 5. The number of carbonyl (C=O) groups is 1. The Labute approximate surface area is 198 Å². The maximum Gasteiger partial charge on any atom is 0.276 e. The Morgan fingerprint density at radius 1 is 0.971 bits per heavy atom. The number of benzene rings is 2. The first-order valence-electron chi connectivity index (χ1n) is 11.4. The predicted octanol–water partition coefficient (Wildman–Crippen LogP) is 4.41. The van der Waals surface area contributed by atoms with E-state index in [1.54, 1.807) is 6.07 Å². The molecule has 2 aliphatic rings. The Balaban J connectivity index is 1.34. The molecule has 1 N–H and O–H groups in total. The Morgan fingerprint density at radius 3 is 2.50 bits per heavy atom. The van der Waals surface area contributed by atoms with Gasteiger partial charge in [0.1, 0.15) is 11.6 Å². The molecule has 0 atom stereocenters. The van der Waals surface area contributed by atoms with Gasteiger partial charge in [0.15, 0.2) is 0 Å². The quantitative estimate of drug-likeness (QED) is 0.562. The standard InChI is InChI=1S/C25H26FN3O4S/c26-19-10-8-18(9-11-19)25(30)27-22-6-3-7-23-21(22)5-4-14-28(23)17-20-12-13-24(33-20)34(31,32)29-15-1-2-16-29/h3,6-13H,1-2,4-5,14-17H2,(H,27,30). The molecule has 0 unspecified atom stereocenters. The molecular formula is C25H26FN3O4S. The van der Waals surface area contributed by atoms with Crippen LogP contribution in [0.15, 0.2) is 64.1 Å². The van der Waals surface area contributed by atoms with E-state index in [9.17, 15) is 17.6 Å². The van der Waals surface area contributed by atoms with Crippen molar-refractivity contribution in [2.45, 2.75) is 37.3 Å². The largest absolute Gasteiger partial charge is 0.446 e. The average molecular weight is 484 g/mol. The minimum Gasteiger partial charge on any atom is -0.446 e. The van der Waals surface area contributed by atoms with Crippen LogP contribution in [0.1, 0.15) is 40.9 Å². The molecule has 2 aromatic carbocycles. The first-order chi connectivity index (χ1) is 16.4. The van der Waals surface area contributed by atoms with Crippen LogP contribution in [0, 0.1) is 5.82 Å². The van der Waals surface area contributed by atoms with Gasteiger partial charge in [-0.3, -0.25) is 4.79 Å². The third-order valence-corrected chi connectivity index (χ3v) is 8.12. The van der Waals surface area contributed by atoms with Crippen molar-refractivity contribution in [2.24, 2.45) is 0 Å². The fourth-order valence-corrected chi connectivity index (χ4v) is 6.05. The lowest BCUT2D eigenvalue weighted by Gasteiger charge is -2.32. The summed E-state index contributed by atoms with van der Waals surface area (Å²) in [5.41, 5.74) is 3.09. The number of nitrogens with zero attached hydrogens (tertiary/aromatic N) is 2. The Kier molecular flexibility index (Phi) is 6.14. The van der Waals surface area contributed by atoms with Crippen LogP contribution in [-0.4, -0.2) is 38.3 Å². The summed E-state index contributed by atoms with van der Waals surface area (Å²) < 4.78 is 46.0. The van der Waals surface area contributed by atoms with Crippen molar-refractivity contribution in [3.8, 4) is 0 Å². The number of nitrogens with one attached hydrogen (secondary N) is 1. The Bertz CT molecular complexity index is 1300. The van der Waals surface area contributed by atoms with Gasteiger partial charge >= 0.3 is 0 Å². The molecule has 0 radical (unpaired) electrons. The average Bonchev–Trinajstić information content (AvgIpc) is 3.53. The van der Waals surface area contributed by atoms with Crippen LogP contribution in [0.5, 0.6) is 0 Å². The van der Waals surface area contributed by atoms with Crippen LogP contribution >= 0.6 is 0 Å². The third kappa shape index (κ3) is 4.45. The van der Waals surface area contributed by atoms with Gasteiger partial charge in [0.2, 0.25) is 5.09 Å². The van der Waals surface area contributed by atoms with Crippen LogP contribution < -0.4 is 10.2 Å². The van der Waals surface area contributed by atoms with Crippen LogP contribution in [0.3, 0.4) is 0 Å². The fraction of sp³-hybridized carbons (Fsp3) is 0.320. The molecule has 1 saturated heterocycles. The highest BCUT2D eigenvalue weighted by Crippen LogP contribution is 2.34. The number of halogens is 1. The van der Waals surface area contributed by atoms with Gasteiger partial charge < -0.3 is 14.6 Å². The fourth-order valence-electron chi connectivity index (χ4n) is 4.60. The van der Waals surface area contributed by atoms with Crippen molar-refractivity contribution in [3.05, 3.63) is 77.3 Å². The van der Waals surface area contributed by atoms with Gasteiger partial charge in [0.25, 0.3) is 15.9 Å². The van der Waals surface area contributed by atoms with E-state index in [2.05, 4.69) is 10.2 Å². The molecule has 0 spiro atoms. The van der Waals surface area contributed by atoms with E-state index in [1.165, 1.54) is 34.6 Å². The van der Waals surface area contributed by atoms with E-state index in [0.29, 0.717) is 36.6 Å². The smallest absolute Gasteiger partial charge is 0.276 e. The van der Waals surface area contributed by atoms with Crippen molar-refractivity contribution in [3.63, 3.8) is 0 Å². The van der Waals surface area contributed by atoms with Crippen LogP contribution in [-0.2, 0) is 23.0 Å². The van der Waals surface area contributed by atoms with Gasteiger partial charge in [-0.2, -0.15) is 4.31 Å². The molecule has 3 heterocycles. The topological polar surface area (TPSA) is 82.9 Å². The molecule has 0 saturated carbocycles. The molecule has 9 heteroatoms. The molecular weight excluding hydrogens is 457 g/mol. The van der Waals surface area contributed by atoms with E-state index >= 15 is 0 Å². The maximum absolute atomic E-state index is 13.2. The van der Waals surface area contributed by atoms with Crippen molar-refractivity contribution in [2.75, 3.05) is 29.9 Å². The van der Waals surface area contributed by atoms with Gasteiger partial charge in [-0.15, -0.1) is 0 Å². The van der Waals surface area contributed by atoms with Crippen LogP contribution in [0.2, 0.25) is 0 Å². The first kappa shape index (κ1) is 22.6. The zero-order valence-corrected chi connectivity index (χ0v) is 19.5. The summed E-state index contributed by atoms with van der Waals surface area (Å²) in [6.07, 6.45) is 3.43. The molecule has 1 amide bonds. The molecule has 1 aromatic heterocycles. The number of fused-ring (bicyclic) bond motifs is 1. The van der Waals surface area contributed by atoms with E-state index in [1.807, 2.05) is 18.2 Å². The summed E-state index contributed by atoms with van der Waals surface area (Å²) in [5, 5.41) is 2.94. The van der Waals surface area contributed by atoms with Crippen molar-refractivity contribution < 1.29 is 22.0 Å². The van der Waals surface area contributed by atoms with Gasteiger partial charge in [-0.25, -0.2) is 12.8 Å². The zero-order chi connectivity index (χ0) is 23.7. The predicted molar refractivity (Wildman–Crippen MR) is 127 cm³/mol. The minimum atomic E-state index is -3.59. The Hall–Kier alpha value is -3.17.